The number of amides is 1. The monoisotopic (exact) mass is 251 g/mol. The van der Waals surface area contributed by atoms with E-state index < -0.39 is 5.60 Å². The molecule has 0 aliphatic carbocycles. The summed E-state index contributed by atoms with van der Waals surface area (Å²) in [7, 11) is 0. The van der Waals surface area contributed by atoms with E-state index in [2.05, 4.69) is 4.98 Å². The van der Waals surface area contributed by atoms with Gasteiger partial charge < -0.3 is 9.30 Å². The van der Waals surface area contributed by atoms with Crippen LogP contribution in [0.5, 0.6) is 0 Å². The van der Waals surface area contributed by atoms with E-state index in [0.29, 0.717) is 18.5 Å². The summed E-state index contributed by atoms with van der Waals surface area (Å²) >= 11 is 0. The zero-order chi connectivity index (χ0) is 13.3. The van der Waals surface area contributed by atoms with Crippen molar-refractivity contribution < 1.29 is 14.3 Å². The zero-order valence-corrected chi connectivity index (χ0v) is 10.8. The summed E-state index contributed by atoms with van der Waals surface area (Å²) in [6.45, 7) is 6.17. The standard InChI is InChI=1S/C12H17N3O3/c1-12(2,3)18-11(17)15-5-4-10(15)14-6-9(7-16)13-8-14/h6-8,10H,4-5H2,1-3H3. The third-order valence-electron chi connectivity index (χ3n) is 2.70. The summed E-state index contributed by atoms with van der Waals surface area (Å²) in [5.41, 5.74) is -0.133. The van der Waals surface area contributed by atoms with Crippen molar-refractivity contribution in [3.8, 4) is 0 Å². The van der Waals surface area contributed by atoms with Crippen LogP contribution < -0.4 is 0 Å². The second-order valence-corrected chi connectivity index (χ2v) is 5.31. The van der Waals surface area contributed by atoms with E-state index >= 15 is 0 Å². The van der Waals surface area contributed by atoms with Crippen molar-refractivity contribution in [3.05, 3.63) is 18.2 Å². The summed E-state index contributed by atoms with van der Waals surface area (Å²) in [6.07, 6.45) is 4.29. The van der Waals surface area contributed by atoms with E-state index in [4.69, 9.17) is 4.74 Å². The minimum atomic E-state index is -0.500. The zero-order valence-electron chi connectivity index (χ0n) is 10.8. The highest BCUT2D eigenvalue weighted by Crippen LogP contribution is 2.29. The van der Waals surface area contributed by atoms with Crippen LogP contribution in [-0.4, -0.2) is 39.0 Å². The first-order valence-electron chi connectivity index (χ1n) is 5.89. The van der Waals surface area contributed by atoms with Crippen LogP contribution in [-0.2, 0) is 4.74 Å². The van der Waals surface area contributed by atoms with Gasteiger partial charge >= 0.3 is 6.09 Å². The fraction of sp³-hybridized carbons (Fsp3) is 0.583. The van der Waals surface area contributed by atoms with Gasteiger partial charge in [0.25, 0.3) is 0 Å². The number of likely N-dealkylation sites (tertiary alicyclic amines) is 1. The van der Waals surface area contributed by atoms with Crippen LogP contribution >= 0.6 is 0 Å². The van der Waals surface area contributed by atoms with Crippen LogP contribution in [0.1, 0.15) is 43.8 Å². The van der Waals surface area contributed by atoms with Crippen LogP contribution in [0, 0.1) is 0 Å². The molecule has 1 aliphatic heterocycles. The number of aromatic nitrogens is 2. The third-order valence-corrected chi connectivity index (χ3v) is 2.70. The fourth-order valence-corrected chi connectivity index (χ4v) is 1.79. The molecule has 18 heavy (non-hydrogen) atoms. The summed E-state index contributed by atoms with van der Waals surface area (Å²) in [6, 6.07) is 0. The molecule has 6 nitrogen and oxygen atoms in total. The summed E-state index contributed by atoms with van der Waals surface area (Å²) in [4.78, 5) is 28.0. The molecule has 0 radical (unpaired) electrons. The van der Waals surface area contributed by atoms with Gasteiger partial charge in [0.15, 0.2) is 6.29 Å². The maximum Gasteiger partial charge on any atom is 0.411 e. The van der Waals surface area contributed by atoms with Crippen molar-refractivity contribution in [2.45, 2.75) is 39.0 Å². The van der Waals surface area contributed by atoms with Crippen LogP contribution in [0.4, 0.5) is 4.79 Å². The molecule has 1 fully saturated rings. The smallest absolute Gasteiger partial charge is 0.411 e. The van der Waals surface area contributed by atoms with Gasteiger partial charge in [-0.15, -0.1) is 0 Å². The van der Waals surface area contributed by atoms with Crippen molar-refractivity contribution in [3.63, 3.8) is 0 Å². The topological polar surface area (TPSA) is 64.4 Å². The lowest BCUT2D eigenvalue weighted by atomic mass is 10.1. The van der Waals surface area contributed by atoms with Gasteiger partial charge in [-0.1, -0.05) is 0 Å². The molecule has 2 rings (SSSR count). The molecule has 1 atom stereocenters. The first-order valence-corrected chi connectivity index (χ1v) is 5.89. The molecule has 0 N–H and O–H groups in total. The predicted molar refractivity (Wildman–Crippen MR) is 64.2 cm³/mol. The van der Waals surface area contributed by atoms with Gasteiger partial charge in [0, 0.05) is 19.2 Å². The minimum absolute atomic E-state index is 0.0963. The van der Waals surface area contributed by atoms with Gasteiger partial charge in [0.05, 0.1) is 6.33 Å². The molecule has 98 valence electrons. The lowest BCUT2D eigenvalue weighted by Crippen LogP contribution is -2.49. The highest BCUT2D eigenvalue weighted by atomic mass is 16.6. The Labute approximate surface area is 106 Å². The van der Waals surface area contributed by atoms with Crippen molar-refractivity contribution in [1.29, 1.82) is 0 Å². The lowest BCUT2D eigenvalue weighted by molar-refractivity contribution is -0.0223. The Balaban J connectivity index is 2.04. The third kappa shape index (κ3) is 2.52. The second kappa shape index (κ2) is 4.44. The Kier molecular flexibility index (Phi) is 3.11. The van der Waals surface area contributed by atoms with Crippen molar-refractivity contribution in [2.24, 2.45) is 0 Å². The average molecular weight is 251 g/mol. The van der Waals surface area contributed by atoms with Gasteiger partial charge in [0.2, 0.25) is 0 Å². The Bertz CT molecular complexity index is 461. The lowest BCUT2D eigenvalue weighted by Gasteiger charge is -2.41. The van der Waals surface area contributed by atoms with E-state index in [-0.39, 0.29) is 12.3 Å². The van der Waals surface area contributed by atoms with Gasteiger partial charge in [-0.05, 0) is 20.8 Å². The molecule has 6 heteroatoms. The highest BCUT2D eigenvalue weighted by molar-refractivity contribution is 5.71. The Morgan fingerprint density at radius 3 is 2.72 bits per heavy atom. The normalized spacial score (nSPS) is 19.3. The van der Waals surface area contributed by atoms with E-state index in [1.165, 1.54) is 0 Å². The van der Waals surface area contributed by atoms with Crippen LogP contribution in [0.25, 0.3) is 0 Å². The van der Waals surface area contributed by atoms with Crippen LogP contribution in [0.2, 0.25) is 0 Å². The molecule has 1 aromatic rings. The number of ether oxygens (including phenoxy) is 1. The molecule has 1 aromatic heterocycles. The van der Waals surface area contributed by atoms with Crippen molar-refractivity contribution in [2.75, 3.05) is 6.54 Å². The van der Waals surface area contributed by atoms with E-state index in [1.807, 2.05) is 20.8 Å². The number of hydrogen-bond donors (Lipinski definition) is 0. The van der Waals surface area contributed by atoms with E-state index in [0.717, 1.165) is 6.42 Å². The van der Waals surface area contributed by atoms with Crippen molar-refractivity contribution in [1.82, 2.24) is 14.5 Å². The number of imidazole rings is 1. The molecule has 0 bridgehead atoms. The van der Waals surface area contributed by atoms with Crippen LogP contribution in [0.15, 0.2) is 12.5 Å². The molecular formula is C12H17N3O3. The molecule has 1 amide bonds. The maximum absolute atomic E-state index is 11.9. The number of nitrogens with zero attached hydrogens (tertiary/aromatic N) is 3. The summed E-state index contributed by atoms with van der Waals surface area (Å²) in [5.74, 6) is 0. The number of hydrogen-bond acceptors (Lipinski definition) is 4. The SMILES string of the molecule is CC(C)(C)OC(=O)N1CCC1n1cnc(C=O)c1. The van der Waals surface area contributed by atoms with Gasteiger partial charge in [-0.2, -0.15) is 0 Å². The largest absolute Gasteiger partial charge is 0.444 e. The minimum Gasteiger partial charge on any atom is -0.444 e. The predicted octanol–water partition coefficient (Wildman–Crippen LogP) is 1.83. The number of aldehydes is 1. The van der Waals surface area contributed by atoms with Gasteiger partial charge in [0.1, 0.15) is 17.5 Å². The molecule has 0 spiro atoms. The Morgan fingerprint density at radius 2 is 2.28 bits per heavy atom. The molecule has 0 aromatic carbocycles. The maximum atomic E-state index is 11.9. The van der Waals surface area contributed by atoms with Crippen molar-refractivity contribution >= 4 is 12.4 Å². The van der Waals surface area contributed by atoms with Crippen LogP contribution in [0.3, 0.4) is 0 Å². The highest BCUT2D eigenvalue weighted by Gasteiger charge is 2.36. The Hall–Kier alpha value is -1.85. The summed E-state index contributed by atoms with van der Waals surface area (Å²) < 4.78 is 7.07. The first kappa shape index (κ1) is 12.6. The average Bonchev–Trinajstić information content (AvgIpc) is 2.61. The molecule has 0 saturated carbocycles. The summed E-state index contributed by atoms with van der Waals surface area (Å²) in [5, 5.41) is 0. The first-order chi connectivity index (χ1) is 8.40. The van der Waals surface area contributed by atoms with E-state index in [9.17, 15) is 9.59 Å². The molecule has 1 saturated heterocycles. The number of carbonyl (C=O) groups excluding carboxylic acids is 2. The van der Waals surface area contributed by atoms with Gasteiger partial charge in [-0.3, -0.25) is 9.69 Å². The Morgan fingerprint density at radius 1 is 1.56 bits per heavy atom. The number of rotatable bonds is 2. The molecular weight excluding hydrogens is 234 g/mol. The quantitative estimate of drug-likeness (QED) is 0.752. The van der Waals surface area contributed by atoms with E-state index in [1.54, 1.807) is 22.0 Å². The molecule has 2 heterocycles. The molecule has 1 unspecified atom stereocenters. The van der Waals surface area contributed by atoms with Gasteiger partial charge in [-0.25, -0.2) is 9.78 Å². The fourth-order valence-electron chi connectivity index (χ4n) is 1.79. The number of carbonyl (C=O) groups is 2. The second-order valence-electron chi connectivity index (χ2n) is 5.31. The molecule has 1 aliphatic rings.